The second-order valence-electron chi connectivity index (χ2n) is 6.04. The van der Waals surface area contributed by atoms with Crippen LogP contribution in [0.2, 0.25) is 0 Å². The minimum absolute atomic E-state index is 0.0149. The van der Waals surface area contributed by atoms with Crippen LogP contribution in [0, 0.1) is 10.1 Å². The number of anilines is 1. The van der Waals surface area contributed by atoms with Crippen molar-refractivity contribution in [1.82, 2.24) is 10.2 Å². The highest BCUT2D eigenvalue weighted by Gasteiger charge is 2.15. The average molecular weight is 444 g/mol. The molecule has 31 heavy (non-hydrogen) atoms. The monoisotopic (exact) mass is 444 g/mol. The number of nitro benzene ring substituents is 1. The van der Waals surface area contributed by atoms with Gasteiger partial charge < -0.3 is 19.2 Å². The van der Waals surface area contributed by atoms with Crippen LogP contribution in [0.1, 0.15) is 13.8 Å². The van der Waals surface area contributed by atoms with Gasteiger partial charge in [0.15, 0.2) is 0 Å². The van der Waals surface area contributed by atoms with Crippen LogP contribution in [-0.4, -0.2) is 40.0 Å². The van der Waals surface area contributed by atoms with Crippen molar-refractivity contribution >= 4 is 29.0 Å². The molecule has 1 N–H and O–H groups in total. The molecule has 1 aromatic heterocycles. The summed E-state index contributed by atoms with van der Waals surface area (Å²) < 4.78 is 16.5. The molecule has 3 aromatic rings. The molecule has 0 saturated heterocycles. The number of thioether (sulfide) groups is 1. The number of amides is 1. The second-order valence-corrected chi connectivity index (χ2v) is 6.97. The number of hydrogen-bond acceptors (Lipinski definition) is 9. The molecular weight excluding hydrogens is 424 g/mol. The smallest absolute Gasteiger partial charge is 0.277 e. The van der Waals surface area contributed by atoms with Gasteiger partial charge in [-0.05, 0) is 32.0 Å². The van der Waals surface area contributed by atoms with E-state index in [1.807, 2.05) is 13.8 Å². The van der Waals surface area contributed by atoms with Crippen molar-refractivity contribution < 1.29 is 23.6 Å². The van der Waals surface area contributed by atoms with Crippen molar-refractivity contribution in [1.29, 1.82) is 0 Å². The van der Waals surface area contributed by atoms with Gasteiger partial charge in [0.1, 0.15) is 11.5 Å². The quantitative estimate of drug-likeness (QED) is 0.278. The lowest BCUT2D eigenvalue weighted by atomic mass is 10.2. The molecule has 1 amide bonds. The number of ether oxygens (including phenoxy) is 2. The highest BCUT2D eigenvalue weighted by Crippen LogP contribution is 2.30. The van der Waals surface area contributed by atoms with Gasteiger partial charge in [-0.15, -0.1) is 10.2 Å². The Labute approximate surface area is 182 Å². The maximum atomic E-state index is 12.4. The van der Waals surface area contributed by atoms with E-state index < -0.39 is 4.92 Å². The number of nitrogens with one attached hydrogen (secondary N) is 1. The van der Waals surface area contributed by atoms with Crippen molar-refractivity contribution in [3.8, 4) is 23.0 Å². The predicted molar refractivity (Wildman–Crippen MR) is 115 cm³/mol. The lowest BCUT2D eigenvalue weighted by Gasteiger charge is -2.13. The molecule has 0 aliphatic carbocycles. The van der Waals surface area contributed by atoms with Crippen LogP contribution in [0.25, 0.3) is 11.5 Å². The third kappa shape index (κ3) is 5.95. The molecule has 11 heteroatoms. The third-order valence-corrected chi connectivity index (χ3v) is 4.69. The van der Waals surface area contributed by atoms with E-state index in [2.05, 4.69) is 15.5 Å². The highest BCUT2D eigenvalue weighted by molar-refractivity contribution is 7.99. The molecule has 0 spiro atoms. The zero-order chi connectivity index (χ0) is 22.2. The van der Waals surface area contributed by atoms with E-state index >= 15 is 0 Å². The maximum Gasteiger partial charge on any atom is 0.277 e. The van der Waals surface area contributed by atoms with Crippen LogP contribution in [0.3, 0.4) is 0 Å². The average Bonchev–Trinajstić information content (AvgIpc) is 3.24. The van der Waals surface area contributed by atoms with Crippen LogP contribution in [0.15, 0.2) is 52.1 Å². The molecule has 3 rings (SSSR count). The maximum absolute atomic E-state index is 12.4. The fraction of sp³-hybridized carbons (Fsp3) is 0.250. The summed E-state index contributed by atoms with van der Waals surface area (Å²) in [5.41, 5.74) is 0.844. The molecule has 0 aliphatic rings. The first-order chi connectivity index (χ1) is 15.0. The topological polar surface area (TPSA) is 130 Å². The molecule has 0 radical (unpaired) electrons. The zero-order valence-corrected chi connectivity index (χ0v) is 17.7. The number of carbonyl (C=O) groups is 1. The summed E-state index contributed by atoms with van der Waals surface area (Å²) in [6.45, 7) is 4.68. The van der Waals surface area contributed by atoms with Gasteiger partial charge >= 0.3 is 0 Å². The molecule has 0 bridgehead atoms. The Kier molecular flexibility index (Phi) is 7.44. The molecule has 0 aliphatic heterocycles. The fourth-order valence-corrected chi connectivity index (χ4v) is 3.16. The SMILES string of the molecule is CCOc1ccc(OCC)c(NC(=O)CSc2nnc(-c3cccc([N+](=O)[O-])c3)o2)c1. The molecule has 0 atom stereocenters. The largest absolute Gasteiger partial charge is 0.494 e. The lowest BCUT2D eigenvalue weighted by molar-refractivity contribution is -0.384. The highest BCUT2D eigenvalue weighted by atomic mass is 32.2. The summed E-state index contributed by atoms with van der Waals surface area (Å²) in [6.07, 6.45) is 0. The summed E-state index contributed by atoms with van der Waals surface area (Å²) in [4.78, 5) is 22.8. The van der Waals surface area contributed by atoms with Crippen LogP contribution >= 0.6 is 11.8 Å². The number of nitrogens with zero attached hydrogens (tertiary/aromatic N) is 3. The number of non-ortho nitro benzene ring substituents is 1. The Morgan fingerprint density at radius 2 is 1.97 bits per heavy atom. The van der Waals surface area contributed by atoms with Gasteiger partial charge in [0.05, 0.1) is 29.6 Å². The molecule has 2 aromatic carbocycles. The zero-order valence-electron chi connectivity index (χ0n) is 16.9. The lowest BCUT2D eigenvalue weighted by Crippen LogP contribution is -2.15. The Morgan fingerprint density at radius 1 is 1.16 bits per heavy atom. The standard InChI is InChI=1S/C20H20N4O6S/c1-3-28-15-8-9-17(29-4-2)16(11-15)21-18(25)12-31-20-23-22-19(30-20)13-6-5-7-14(10-13)24(26)27/h5-11H,3-4,12H2,1-2H3,(H,21,25). The van der Waals surface area contributed by atoms with Crippen LogP contribution < -0.4 is 14.8 Å². The van der Waals surface area contributed by atoms with Gasteiger partial charge in [0, 0.05) is 23.8 Å². The fourth-order valence-electron chi connectivity index (χ4n) is 2.60. The van der Waals surface area contributed by atoms with E-state index in [9.17, 15) is 14.9 Å². The summed E-state index contributed by atoms with van der Waals surface area (Å²) in [7, 11) is 0. The number of aromatic nitrogens is 2. The molecule has 1 heterocycles. The van der Waals surface area contributed by atoms with E-state index in [-0.39, 0.29) is 28.5 Å². The number of benzene rings is 2. The molecule has 0 saturated carbocycles. The molecule has 10 nitrogen and oxygen atoms in total. The van der Waals surface area contributed by atoms with Crippen molar-refractivity contribution in [2.75, 3.05) is 24.3 Å². The first-order valence-electron chi connectivity index (χ1n) is 9.40. The molecule has 0 unspecified atom stereocenters. The van der Waals surface area contributed by atoms with Crippen LogP contribution in [0.5, 0.6) is 11.5 Å². The van der Waals surface area contributed by atoms with E-state index in [1.54, 1.807) is 24.3 Å². The summed E-state index contributed by atoms with van der Waals surface area (Å²) >= 11 is 1.05. The molecule has 0 fully saturated rings. The van der Waals surface area contributed by atoms with E-state index in [0.717, 1.165) is 11.8 Å². The minimum Gasteiger partial charge on any atom is -0.494 e. The molecular formula is C20H20N4O6S. The number of hydrogen-bond donors (Lipinski definition) is 1. The first kappa shape index (κ1) is 22.1. The number of carbonyl (C=O) groups excluding carboxylic acids is 1. The van der Waals surface area contributed by atoms with E-state index in [0.29, 0.717) is 36.0 Å². The normalized spacial score (nSPS) is 10.5. The summed E-state index contributed by atoms with van der Waals surface area (Å²) in [5, 5.41) is 21.7. The Hall–Kier alpha value is -3.60. The number of rotatable bonds is 10. The first-order valence-corrected chi connectivity index (χ1v) is 10.4. The van der Waals surface area contributed by atoms with Gasteiger partial charge in [-0.1, -0.05) is 17.8 Å². The van der Waals surface area contributed by atoms with Gasteiger partial charge in [-0.25, -0.2) is 0 Å². The van der Waals surface area contributed by atoms with Crippen molar-refractivity contribution in [2.24, 2.45) is 0 Å². The van der Waals surface area contributed by atoms with Gasteiger partial charge in [0.2, 0.25) is 11.8 Å². The number of nitro groups is 1. The van der Waals surface area contributed by atoms with Crippen LogP contribution in [-0.2, 0) is 4.79 Å². The van der Waals surface area contributed by atoms with Crippen LogP contribution in [0.4, 0.5) is 11.4 Å². The Balaban J connectivity index is 1.64. The third-order valence-electron chi connectivity index (χ3n) is 3.87. The van der Waals surface area contributed by atoms with Crippen molar-refractivity contribution in [2.45, 2.75) is 19.1 Å². The van der Waals surface area contributed by atoms with Crippen molar-refractivity contribution in [3.63, 3.8) is 0 Å². The Bertz CT molecular complexity index is 1070. The summed E-state index contributed by atoms with van der Waals surface area (Å²) in [5.74, 6) is 1.01. The minimum atomic E-state index is -0.503. The van der Waals surface area contributed by atoms with E-state index in [4.69, 9.17) is 13.9 Å². The summed E-state index contributed by atoms with van der Waals surface area (Å²) in [6, 6.07) is 11.1. The van der Waals surface area contributed by atoms with Gasteiger partial charge in [0.25, 0.3) is 10.9 Å². The van der Waals surface area contributed by atoms with Crippen molar-refractivity contribution in [3.05, 3.63) is 52.6 Å². The van der Waals surface area contributed by atoms with Gasteiger partial charge in [-0.2, -0.15) is 0 Å². The molecule has 162 valence electrons. The second kappa shape index (κ2) is 10.4. The predicted octanol–water partition coefficient (Wildman–Crippen LogP) is 4.17. The Morgan fingerprint density at radius 3 is 2.71 bits per heavy atom. The van der Waals surface area contributed by atoms with Gasteiger partial charge in [-0.3, -0.25) is 14.9 Å². The van der Waals surface area contributed by atoms with E-state index in [1.165, 1.54) is 18.2 Å².